The molecule has 0 aliphatic carbocycles. The summed E-state index contributed by atoms with van der Waals surface area (Å²) < 4.78 is 11.3. The van der Waals surface area contributed by atoms with E-state index in [0.717, 1.165) is 18.4 Å². The number of hydrogen-bond acceptors (Lipinski definition) is 4. The monoisotopic (exact) mass is 446 g/mol. The van der Waals surface area contributed by atoms with Crippen LogP contribution in [0.5, 0.6) is 11.5 Å². The van der Waals surface area contributed by atoms with Crippen LogP contribution in [0.25, 0.3) is 0 Å². The number of aromatic hydroxyl groups is 1. The maximum Gasteiger partial charge on any atom is 0.345 e. The third-order valence-corrected chi connectivity index (χ3v) is 6.14. The van der Waals surface area contributed by atoms with E-state index in [1.807, 2.05) is 68.4 Å². The molecule has 33 heavy (non-hydrogen) atoms. The molecule has 0 radical (unpaired) electrons. The fourth-order valence-corrected chi connectivity index (χ4v) is 4.10. The number of benzene rings is 3. The van der Waals surface area contributed by atoms with Crippen LogP contribution in [0, 0.1) is 0 Å². The first kappa shape index (κ1) is 24.4. The van der Waals surface area contributed by atoms with Crippen molar-refractivity contribution in [3.8, 4) is 11.5 Å². The quantitative estimate of drug-likeness (QED) is 0.343. The van der Waals surface area contributed by atoms with Crippen LogP contribution >= 0.6 is 0 Å². The maximum absolute atomic E-state index is 12.3. The van der Waals surface area contributed by atoms with E-state index in [9.17, 15) is 9.90 Å². The number of esters is 1. The summed E-state index contributed by atoms with van der Waals surface area (Å²) in [6.07, 6.45) is 2.06. The molecule has 3 aromatic carbocycles. The average molecular weight is 447 g/mol. The number of phenolic OH excluding ortho intramolecular Hbond substituents is 1. The molecule has 0 saturated heterocycles. The van der Waals surface area contributed by atoms with E-state index in [4.69, 9.17) is 9.47 Å². The standard InChI is InChI=1S/C29H34O4/c1-5-22(24-11-15-26(30)16-12-24)19-21(2)23-13-17-27(18-14-23)32-20-28(31)33-29(3,4)25-9-7-6-8-10-25/h6-18,21-22,30H,5,19-20H2,1-4H3. The molecule has 0 saturated carbocycles. The van der Waals surface area contributed by atoms with Crippen LogP contribution in [0.1, 0.15) is 69.1 Å². The second kappa shape index (κ2) is 11.0. The Morgan fingerprint density at radius 1 is 0.909 bits per heavy atom. The average Bonchev–Trinajstić information content (AvgIpc) is 2.82. The van der Waals surface area contributed by atoms with Gasteiger partial charge in [0.1, 0.15) is 17.1 Å². The van der Waals surface area contributed by atoms with Gasteiger partial charge in [0.25, 0.3) is 0 Å². The predicted octanol–water partition coefficient (Wildman–Crippen LogP) is 6.94. The van der Waals surface area contributed by atoms with Gasteiger partial charge in [-0.2, -0.15) is 0 Å². The molecule has 0 heterocycles. The smallest absolute Gasteiger partial charge is 0.345 e. The minimum Gasteiger partial charge on any atom is -0.508 e. The summed E-state index contributed by atoms with van der Waals surface area (Å²) in [6.45, 7) is 8.03. The molecule has 4 heteroatoms. The molecule has 0 spiro atoms. The van der Waals surface area contributed by atoms with Gasteiger partial charge in [0.05, 0.1) is 0 Å². The molecule has 2 unspecified atom stereocenters. The van der Waals surface area contributed by atoms with Crippen LogP contribution in [0.3, 0.4) is 0 Å². The highest BCUT2D eigenvalue weighted by Gasteiger charge is 2.25. The van der Waals surface area contributed by atoms with Gasteiger partial charge in [0.2, 0.25) is 0 Å². The summed E-state index contributed by atoms with van der Waals surface area (Å²) in [5.74, 6) is 1.34. The van der Waals surface area contributed by atoms with Gasteiger partial charge in [-0.25, -0.2) is 4.79 Å². The van der Waals surface area contributed by atoms with Crippen LogP contribution < -0.4 is 4.74 Å². The van der Waals surface area contributed by atoms with Crippen LogP contribution in [-0.4, -0.2) is 17.7 Å². The Bertz CT molecular complexity index is 1010. The van der Waals surface area contributed by atoms with Gasteiger partial charge in [-0.05, 0) is 79.5 Å². The summed E-state index contributed by atoms with van der Waals surface area (Å²) >= 11 is 0. The molecular formula is C29H34O4. The van der Waals surface area contributed by atoms with Crippen molar-refractivity contribution >= 4 is 5.97 Å². The van der Waals surface area contributed by atoms with Gasteiger partial charge in [-0.1, -0.05) is 68.4 Å². The maximum atomic E-state index is 12.3. The van der Waals surface area contributed by atoms with Crippen molar-refractivity contribution < 1.29 is 19.4 Å². The molecule has 3 rings (SSSR count). The number of hydrogen-bond donors (Lipinski definition) is 1. The molecule has 0 bridgehead atoms. The Balaban J connectivity index is 1.53. The molecule has 0 amide bonds. The van der Waals surface area contributed by atoms with E-state index in [1.54, 1.807) is 12.1 Å². The van der Waals surface area contributed by atoms with Crippen molar-refractivity contribution in [1.82, 2.24) is 0 Å². The zero-order valence-electron chi connectivity index (χ0n) is 20.0. The Morgan fingerprint density at radius 3 is 2.12 bits per heavy atom. The van der Waals surface area contributed by atoms with Gasteiger partial charge < -0.3 is 14.6 Å². The molecule has 3 aromatic rings. The summed E-state index contributed by atoms with van der Waals surface area (Å²) in [7, 11) is 0. The van der Waals surface area contributed by atoms with Crippen molar-refractivity contribution in [3.63, 3.8) is 0 Å². The molecule has 4 nitrogen and oxygen atoms in total. The lowest BCUT2D eigenvalue weighted by molar-refractivity contribution is -0.159. The number of phenols is 1. The summed E-state index contributed by atoms with van der Waals surface area (Å²) in [5.41, 5.74) is 2.70. The van der Waals surface area contributed by atoms with E-state index in [-0.39, 0.29) is 6.61 Å². The van der Waals surface area contributed by atoms with E-state index in [2.05, 4.69) is 26.0 Å². The molecule has 174 valence electrons. The van der Waals surface area contributed by atoms with Gasteiger partial charge in [-0.15, -0.1) is 0 Å². The van der Waals surface area contributed by atoms with Gasteiger partial charge in [-0.3, -0.25) is 0 Å². The van der Waals surface area contributed by atoms with Crippen LogP contribution in [0.2, 0.25) is 0 Å². The van der Waals surface area contributed by atoms with Crippen LogP contribution in [0.4, 0.5) is 0 Å². The van der Waals surface area contributed by atoms with E-state index < -0.39 is 11.6 Å². The van der Waals surface area contributed by atoms with Gasteiger partial charge in [0.15, 0.2) is 6.61 Å². The van der Waals surface area contributed by atoms with Gasteiger partial charge in [0, 0.05) is 0 Å². The minimum absolute atomic E-state index is 0.135. The van der Waals surface area contributed by atoms with Crippen molar-refractivity contribution in [2.24, 2.45) is 0 Å². The predicted molar refractivity (Wildman–Crippen MR) is 132 cm³/mol. The second-order valence-electron chi connectivity index (χ2n) is 9.04. The molecule has 0 aliphatic rings. The first-order valence-corrected chi connectivity index (χ1v) is 11.6. The number of carbonyl (C=O) groups is 1. The van der Waals surface area contributed by atoms with Gasteiger partial charge >= 0.3 is 5.97 Å². The van der Waals surface area contributed by atoms with Crippen LogP contribution in [0.15, 0.2) is 78.9 Å². The largest absolute Gasteiger partial charge is 0.508 e. The highest BCUT2D eigenvalue weighted by molar-refractivity contribution is 5.71. The second-order valence-corrected chi connectivity index (χ2v) is 9.04. The normalized spacial score (nSPS) is 13.2. The lowest BCUT2D eigenvalue weighted by atomic mass is 9.84. The zero-order valence-corrected chi connectivity index (χ0v) is 20.0. The molecule has 0 fully saturated rings. The summed E-state index contributed by atoms with van der Waals surface area (Å²) in [5, 5.41) is 9.54. The number of rotatable bonds is 10. The number of carbonyl (C=O) groups excluding carboxylic acids is 1. The summed E-state index contributed by atoms with van der Waals surface area (Å²) in [4.78, 5) is 12.3. The van der Waals surface area contributed by atoms with E-state index in [1.165, 1.54) is 11.1 Å². The minimum atomic E-state index is -0.714. The highest BCUT2D eigenvalue weighted by atomic mass is 16.6. The fraction of sp³-hybridized carbons (Fsp3) is 0.345. The topological polar surface area (TPSA) is 55.8 Å². The van der Waals surface area contributed by atoms with Crippen molar-refractivity contribution in [2.45, 2.75) is 58.0 Å². The molecule has 2 atom stereocenters. The van der Waals surface area contributed by atoms with Crippen molar-refractivity contribution in [2.75, 3.05) is 6.61 Å². The molecular weight excluding hydrogens is 412 g/mol. The fourth-order valence-electron chi connectivity index (χ4n) is 4.10. The Labute approximate surface area is 197 Å². The Kier molecular flexibility index (Phi) is 8.16. The Hall–Kier alpha value is -3.27. The molecule has 0 aromatic heterocycles. The van der Waals surface area contributed by atoms with Crippen LogP contribution in [-0.2, 0) is 15.1 Å². The van der Waals surface area contributed by atoms with E-state index >= 15 is 0 Å². The first-order valence-electron chi connectivity index (χ1n) is 11.6. The first-order chi connectivity index (χ1) is 15.8. The molecule has 1 N–H and O–H groups in total. The SMILES string of the molecule is CCC(CC(C)c1ccc(OCC(=O)OC(C)(C)c2ccccc2)cc1)c1ccc(O)cc1. The van der Waals surface area contributed by atoms with Crippen molar-refractivity contribution in [3.05, 3.63) is 95.6 Å². The molecule has 0 aliphatic heterocycles. The third-order valence-electron chi connectivity index (χ3n) is 6.14. The number of ether oxygens (including phenoxy) is 2. The lowest BCUT2D eigenvalue weighted by Crippen LogP contribution is -2.28. The zero-order chi connectivity index (χ0) is 23.8. The Morgan fingerprint density at radius 2 is 1.52 bits per heavy atom. The summed E-state index contributed by atoms with van der Waals surface area (Å²) in [6, 6.07) is 25.1. The van der Waals surface area contributed by atoms with Crippen molar-refractivity contribution in [1.29, 1.82) is 0 Å². The highest BCUT2D eigenvalue weighted by Crippen LogP contribution is 2.33. The third kappa shape index (κ3) is 6.85. The van der Waals surface area contributed by atoms with E-state index in [0.29, 0.717) is 23.3 Å². The lowest BCUT2D eigenvalue weighted by Gasteiger charge is -2.25.